The van der Waals surface area contributed by atoms with Gasteiger partial charge in [-0.05, 0) is 57.6 Å². The molecule has 0 radical (unpaired) electrons. The lowest BCUT2D eigenvalue weighted by atomic mass is 9.93. The summed E-state index contributed by atoms with van der Waals surface area (Å²) in [7, 11) is 3.40. The first-order chi connectivity index (χ1) is 15.8. The number of ether oxygens (including phenoxy) is 1. The normalized spacial score (nSPS) is 11.9. The zero-order valence-electron chi connectivity index (χ0n) is 18.0. The van der Waals surface area contributed by atoms with Crippen LogP contribution in [0.25, 0.3) is 32.7 Å². The van der Waals surface area contributed by atoms with E-state index in [4.69, 9.17) is 4.74 Å². The van der Waals surface area contributed by atoms with Gasteiger partial charge in [-0.2, -0.15) is 0 Å². The maximum Gasteiger partial charge on any atom is 0.127 e. The van der Waals surface area contributed by atoms with Crippen LogP contribution in [0.4, 0.5) is 0 Å². The third-order valence-corrected chi connectivity index (χ3v) is 9.20. The van der Waals surface area contributed by atoms with E-state index in [-0.39, 0.29) is 0 Å². The molecule has 4 heteroatoms. The van der Waals surface area contributed by atoms with E-state index in [2.05, 4.69) is 89.9 Å². The summed E-state index contributed by atoms with van der Waals surface area (Å²) < 4.78 is 5.89. The Labute approximate surface area is 192 Å². The molecule has 0 aliphatic carbocycles. The second-order valence-electron chi connectivity index (χ2n) is 7.70. The van der Waals surface area contributed by atoms with Crippen molar-refractivity contribution >= 4 is 43.4 Å². The van der Waals surface area contributed by atoms with Crippen LogP contribution in [0.5, 0.6) is 5.75 Å². The molecule has 0 aliphatic rings. The Balaban J connectivity index is 1.58. The predicted molar refractivity (Wildman–Crippen MR) is 143 cm³/mol. The van der Waals surface area contributed by atoms with Gasteiger partial charge in [-0.3, -0.25) is 4.98 Å². The lowest BCUT2D eigenvalue weighted by Gasteiger charge is -2.18. The summed E-state index contributed by atoms with van der Waals surface area (Å²) in [5, 5.41) is 6.46. The summed E-state index contributed by atoms with van der Waals surface area (Å²) in [6.45, 7) is 0. The first-order valence-electron chi connectivity index (χ1n) is 10.8. The number of pyridine rings is 1. The highest BCUT2D eigenvalue weighted by Gasteiger charge is 2.17. The van der Waals surface area contributed by atoms with E-state index in [0.717, 1.165) is 34.9 Å². The van der Waals surface area contributed by atoms with Crippen LogP contribution in [0.2, 0.25) is 0 Å². The summed E-state index contributed by atoms with van der Waals surface area (Å²) >= 11 is 0. The fourth-order valence-electron chi connectivity index (χ4n) is 4.22. The summed E-state index contributed by atoms with van der Waals surface area (Å²) in [5.41, 5.74) is 3.71. The van der Waals surface area contributed by atoms with Crippen LogP contribution < -0.4 is 10.0 Å². The zero-order chi connectivity index (χ0) is 21.8. The second-order valence-corrected chi connectivity index (χ2v) is 11.1. The maximum atomic E-state index is 5.89. The molecule has 1 heterocycles. The summed E-state index contributed by atoms with van der Waals surface area (Å²) in [6.07, 6.45) is 4.08. The third-order valence-electron chi connectivity index (χ3n) is 5.75. The van der Waals surface area contributed by atoms with E-state index >= 15 is 0 Å². The molecule has 0 saturated carbocycles. The number of hydrogen-bond acceptors (Lipinski definition) is 2. The molecule has 0 saturated heterocycles. The van der Waals surface area contributed by atoms with Crippen LogP contribution in [0.3, 0.4) is 0 Å². The fourth-order valence-corrected chi connectivity index (χ4v) is 7.41. The Morgan fingerprint density at radius 1 is 0.719 bits per heavy atom. The minimum absolute atomic E-state index is 0.757. The number of aryl methyl sites for hydroxylation is 1. The zero-order valence-corrected chi connectivity index (χ0v) is 20.0. The Kier molecular flexibility index (Phi) is 6.44. The smallest absolute Gasteiger partial charge is 0.127 e. The van der Waals surface area contributed by atoms with Crippen LogP contribution in [0.15, 0.2) is 97.2 Å². The molecule has 158 valence electrons. The highest BCUT2D eigenvalue weighted by molar-refractivity contribution is 8.15. The number of methoxy groups -OCH3 is 1. The fraction of sp³-hybridized carbons (Fsp3) is 0.107. The highest BCUT2D eigenvalue weighted by atomic mass is 32.0. The number of benzene rings is 4. The lowest BCUT2D eigenvalue weighted by Crippen LogP contribution is -2.02. The molecular weight excluding hydrogens is 428 g/mol. The molecule has 2 atom stereocenters. The Bertz CT molecular complexity index is 1370. The Hall–Kier alpha value is -2.79. The van der Waals surface area contributed by atoms with Crippen molar-refractivity contribution in [3.8, 4) is 16.9 Å². The van der Waals surface area contributed by atoms with Crippen molar-refractivity contribution in [3.63, 3.8) is 0 Å². The van der Waals surface area contributed by atoms with Crippen molar-refractivity contribution in [1.29, 1.82) is 0 Å². The van der Waals surface area contributed by atoms with Crippen molar-refractivity contribution in [1.82, 2.24) is 4.98 Å². The molecule has 1 aromatic heterocycles. The number of aromatic nitrogens is 1. The molecule has 0 spiro atoms. The molecule has 5 aromatic rings. The molecule has 4 aromatic carbocycles. The van der Waals surface area contributed by atoms with Gasteiger partial charge in [0.2, 0.25) is 0 Å². The minimum atomic E-state index is 0.757. The Morgan fingerprint density at radius 2 is 1.41 bits per heavy atom. The van der Waals surface area contributed by atoms with E-state index in [1.54, 1.807) is 7.11 Å². The highest BCUT2D eigenvalue weighted by Crippen LogP contribution is 2.45. The summed E-state index contributed by atoms with van der Waals surface area (Å²) in [6, 6.07) is 32.3. The van der Waals surface area contributed by atoms with Crippen LogP contribution in [-0.2, 0) is 6.42 Å². The quantitative estimate of drug-likeness (QED) is 0.192. The van der Waals surface area contributed by atoms with Crippen molar-refractivity contribution in [2.45, 2.75) is 6.42 Å². The summed E-state index contributed by atoms with van der Waals surface area (Å²) in [5.74, 6) is 0.933. The first kappa shape index (κ1) is 21.1. The van der Waals surface area contributed by atoms with Gasteiger partial charge in [-0.1, -0.05) is 89.3 Å². The van der Waals surface area contributed by atoms with Gasteiger partial charge in [0, 0.05) is 23.0 Å². The average molecular weight is 453 g/mol. The molecule has 0 N–H and O–H groups in total. The average Bonchev–Trinajstić information content (AvgIpc) is 2.86. The monoisotopic (exact) mass is 453 g/mol. The van der Waals surface area contributed by atoms with Gasteiger partial charge in [0.05, 0.1) is 7.11 Å². The van der Waals surface area contributed by atoms with Crippen molar-refractivity contribution in [2.24, 2.45) is 0 Å². The molecular formula is C28H25NOP2. The first-order valence-corrected chi connectivity index (χ1v) is 14.0. The van der Waals surface area contributed by atoms with Gasteiger partial charge < -0.3 is 4.74 Å². The van der Waals surface area contributed by atoms with Crippen LogP contribution in [0.1, 0.15) is 5.69 Å². The van der Waals surface area contributed by atoms with Crippen molar-refractivity contribution < 1.29 is 4.74 Å². The maximum absolute atomic E-state index is 5.89. The van der Waals surface area contributed by atoms with Gasteiger partial charge in [0.1, 0.15) is 5.75 Å². The van der Waals surface area contributed by atoms with E-state index in [9.17, 15) is 0 Å². The third kappa shape index (κ3) is 4.26. The lowest BCUT2D eigenvalue weighted by molar-refractivity contribution is 0.417. The summed E-state index contributed by atoms with van der Waals surface area (Å²) in [4.78, 5) is 4.48. The predicted octanol–water partition coefficient (Wildman–Crippen LogP) is 7.20. The van der Waals surface area contributed by atoms with Gasteiger partial charge >= 0.3 is 0 Å². The minimum Gasteiger partial charge on any atom is -0.496 e. The number of rotatable bonds is 7. The van der Waals surface area contributed by atoms with Gasteiger partial charge in [-0.25, -0.2) is 0 Å². The van der Waals surface area contributed by atoms with Gasteiger partial charge in [-0.15, -0.1) is 0 Å². The molecule has 0 fully saturated rings. The van der Waals surface area contributed by atoms with E-state index < -0.39 is 0 Å². The van der Waals surface area contributed by atoms with Crippen LogP contribution in [-0.4, -0.2) is 18.3 Å². The number of hydrogen-bond donors (Lipinski definition) is 0. The molecule has 32 heavy (non-hydrogen) atoms. The standard InChI is InChI=1S/C28H25NOP2/c1-30-25-15-13-20-8-2-4-11-23(20)27(25)28-24-12-5-3-9-21(24)14-16-26(28)32-31-19-17-22-10-6-7-18-29-22/h2-16,18,31-32H,17,19H2,1H3. The second kappa shape index (κ2) is 9.78. The number of fused-ring (bicyclic) bond motifs is 2. The molecule has 0 aliphatic heterocycles. The van der Waals surface area contributed by atoms with Crippen molar-refractivity contribution in [3.05, 3.63) is 103 Å². The van der Waals surface area contributed by atoms with E-state index in [1.165, 1.54) is 43.7 Å². The topological polar surface area (TPSA) is 22.1 Å². The van der Waals surface area contributed by atoms with Crippen molar-refractivity contribution in [2.75, 3.05) is 13.3 Å². The van der Waals surface area contributed by atoms with Crippen LogP contribution in [0, 0.1) is 0 Å². The molecule has 2 unspecified atom stereocenters. The van der Waals surface area contributed by atoms with E-state index in [0.29, 0.717) is 0 Å². The van der Waals surface area contributed by atoms with E-state index in [1.807, 2.05) is 12.3 Å². The largest absolute Gasteiger partial charge is 0.496 e. The molecule has 0 bridgehead atoms. The Morgan fingerprint density at radius 3 is 2.12 bits per heavy atom. The SMILES string of the molecule is COc1ccc2ccccc2c1-c1c(PPCCc2ccccn2)ccc2ccccc12. The van der Waals surface area contributed by atoms with Crippen LogP contribution >= 0.6 is 16.5 Å². The number of nitrogens with zero attached hydrogens (tertiary/aromatic N) is 1. The molecule has 2 nitrogen and oxygen atoms in total. The van der Waals surface area contributed by atoms with Gasteiger partial charge in [0.15, 0.2) is 0 Å². The molecule has 5 rings (SSSR count). The van der Waals surface area contributed by atoms with Gasteiger partial charge in [0.25, 0.3) is 0 Å². The molecule has 0 amide bonds.